The van der Waals surface area contributed by atoms with Crippen LogP contribution in [0.15, 0.2) is 29.2 Å². The predicted molar refractivity (Wildman–Crippen MR) is 70.6 cm³/mol. The van der Waals surface area contributed by atoms with Gasteiger partial charge in [-0.05, 0) is 12.1 Å². The lowest BCUT2D eigenvalue weighted by Gasteiger charge is -2.22. The minimum atomic E-state index is -0.00810. The highest BCUT2D eigenvalue weighted by Crippen LogP contribution is 2.37. The number of carbonyl (C=O) groups excluding carboxylic acids is 1. The first-order valence-electron chi connectivity index (χ1n) is 5.71. The average Bonchev–Trinajstić information content (AvgIpc) is 2.69. The number of hydrogen-bond acceptors (Lipinski definition) is 2. The molecule has 1 aromatic carbocycles. The number of hydrogen-bond donors (Lipinski definition) is 1. The molecule has 1 N–H and O–H groups in total. The third kappa shape index (κ3) is 1.55. The van der Waals surface area contributed by atoms with Crippen molar-refractivity contribution >= 4 is 28.6 Å². The Balaban J connectivity index is 2.31. The molecule has 0 radical (unpaired) electrons. The second kappa shape index (κ2) is 3.81. The minimum Gasteiger partial charge on any atom is -0.354 e. The summed E-state index contributed by atoms with van der Waals surface area (Å²) in [7, 11) is 1.68. The van der Waals surface area contributed by atoms with Crippen LogP contribution in [0.5, 0.6) is 0 Å². The summed E-state index contributed by atoms with van der Waals surface area (Å²) in [5, 5.41) is 4.37. The van der Waals surface area contributed by atoms with E-state index in [4.69, 9.17) is 0 Å². The number of para-hydroxylation sites is 1. The molecule has 3 rings (SSSR count). The number of carbonyl (C=O) groups is 1. The first-order valence-corrected chi connectivity index (χ1v) is 6.59. The standard InChI is InChI=1S/C13H14N2OS/c1-8-7-15-10(13(16)14-2)6-9-4-3-5-11(17-8)12(9)15/h3-6,8H,7H2,1-2H3,(H,14,16)/t8-/m0/s1. The highest BCUT2D eigenvalue weighted by Gasteiger charge is 2.23. The van der Waals surface area contributed by atoms with E-state index in [0.717, 1.165) is 17.6 Å². The SMILES string of the molecule is CNC(=O)c1cc2cccc3c2n1C[C@H](C)S3. The van der Waals surface area contributed by atoms with Gasteiger partial charge in [0.25, 0.3) is 5.91 Å². The smallest absolute Gasteiger partial charge is 0.267 e. The predicted octanol–water partition coefficient (Wildman–Crippen LogP) is 2.50. The van der Waals surface area contributed by atoms with E-state index in [0.29, 0.717) is 5.25 Å². The molecule has 1 aromatic heterocycles. The summed E-state index contributed by atoms with van der Waals surface area (Å²) in [4.78, 5) is 13.1. The summed E-state index contributed by atoms with van der Waals surface area (Å²) in [6.45, 7) is 3.09. The van der Waals surface area contributed by atoms with Gasteiger partial charge in [-0.2, -0.15) is 0 Å². The molecular formula is C13H14N2OS. The van der Waals surface area contributed by atoms with Gasteiger partial charge in [0.1, 0.15) is 5.69 Å². The zero-order valence-corrected chi connectivity index (χ0v) is 10.7. The molecule has 0 saturated heterocycles. The van der Waals surface area contributed by atoms with Crippen LogP contribution in [0.25, 0.3) is 10.9 Å². The number of nitrogens with zero attached hydrogens (tertiary/aromatic N) is 1. The number of benzene rings is 1. The van der Waals surface area contributed by atoms with Crippen LogP contribution in [-0.4, -0.2) is 22.8 Å². The van der Waals surface area contributed by atoms with Crippen molar-refractivity contribution in [3.8, 4) is 0 Å². The molecule has 1 amide bonds. The van der Waals surface area contributed by atoms with Crippen LogP contribution in [-0.2, 0) is 6.54 Å². The Hall–Kier alpha value is -1.42. The van der Waals surface area contributed by atoms with Crippen molar-refractivity contribution in [3.05, 3.63) is 30.0 Å². The van der Waals surface area contributed by atoms with Gasteiger partial charge in [0.2, 0.25) is 0 Å². The molecular weight excluding hydrogens is 232 g/mol. The topological polar surface area (TPSA) is 34.0 Å². The summed E-state index contributed by atoms with van der Waals surface area (Å²) in [6, 6.07) is 8.24. The van der Waals surface area contributed by atoms with Crippen LogP contribution < -0.4 is 5.32 Å². The number of aromatic nitrogens is 1. The van der Waals surface area contributed by atoms with Gasteiger partial charge in [-0.1, -0.05) is 19.1 Å². The molecule has 2 aromatic rings. The molecule has 0 unspecified atom stereocenters. The number of rotatable bonds is 1. The van der Waals surface area contributed by atoms with E-state index in [1.54, 1.807) is 7.05 Å². The second-order valence-corrected chi connectivity index (χ2v) is 5.82. The molecule has 1 aliphatic rings. The summed E-state index contributed by atoms with van der Waals surface area (Å²) < 4.78 is 2.14. The van der Waals surface area contributed by atoms with Crippen molar-refractivity contribution in [2.75, 3.05) is 7.05 Å². The van der Waals surface area contributed by atoms with Gasteiger partial charge in [0.05, 0.1) is 5.52 Å². The van der Waals surface area contributed by atoms with Crippen LogP contribution in [0.3, 0.4) is 0 Å². The first-order chi connectivity index (χ1) is 8.20. The summed E-state index contributed by atoms with van der Waals surface area (Å²) in [6.07, 6.45) is 0. The lowest BCUT2D eigenvalue weighted by Crippen LogP contribution is -2.24. The van der Waals surface area contributed by atoms with Crippen molar-refractivity contribution in [2.24, 2.45) is 0 Å². The first kappa shape index (κ1) is 10.7. The quantitative estimate of drug-likeness (QED) is 0.839. The fraction of sp³-hybridized carbons (Fsp3) is 0.308. The van der Waals surface area contributed by atoms with Gasteiger partial charge >= 0.3 is 0 Å². The van der Waals surface area contributed by atoms with E-state index in [9.17, 15) is 4.79 Å². The monoisotopic (exact) mass is 246 g/mol. The molecule has 4 heteroatoms. The van der Waals surface area contributed by atoms with E-state index in [-0.39, 0.29) is 5.91 Å². The van der Waals surface area contributed by atoms with Crippen LogP contribution >= 0.6 is 11.8 Å². The Labute approximate surface area is 104 Å². The van der Waals surface area contributed by atoms with Crippen molar-refractivity contribution in [1.29, 1.82) is 0 Å². The highest BCUT2D eigenvalue weighted by atomic mass is 32.2. The molecule has 1 aliphatic heterocycles. The van der Waals surface area contributed by atoms with E-state index < -0.39 is 0 Å². The van der Waals surface area contributed by atoms with E-state index in [1.165, 1.54) is 10.4 Å². The van der Waals surface area contributed by atoms with Crippen LogP contribution in [0.4, 0.5) is 0 Å². The fourth-order valence-corrected chi connectivity index (χ4v) is 3.56. The van der Waals surface area contributed by atoms with Crippen LogP contribution in [0.2, 0.25) is 0 Å². The Morgan fingerprint density at radius 2 is 2.35 bits per heavy atom. The zero-order chi connectivity index (χ0) is 12.0. The molecule has 0 saturated carbocycles. The maximum absolute atomic E-state index is 11.9. The van der Waals surface area contributed by atoms with E-state index in [2.05, 4.69) is 35.0 Å². The van der Waals surface area contributed by atoms with Gasteiger partial charge < -0.3 is 9.88 Å². The van der Waals surface area contributed by atoms with Crippen molar-refractivity contribution in [2.45, 2.75) is 23.6 Å². The Morgan fingerprint density at radius 1 is 1.53 bits per heavy atom. The average molecular weight is 246 g/mol. The summed E-state index contributed by atoms with van der Waals surface area (Å²) in [5.41, 5.74) is 1.97. The third-order valence-electron chi connectivity index (χ3n) is 3.11. The Kier molecular flexibility index (Phi) is 2.40. The summed E-state index contributed by atoms with van der Waals surface area (Å²) in [5.74, 6) is -0.00810. The molecule has 3 nitrogen and oxygen atoms in total. The van der Waals surface area contributed by atoms with Crippen molar-refractivity contribution < 1.29 is 4.79 Å². The largest absolute Gasteiger partial charge is 0.354 e. The molecule has 0 aliphatic carbocycles. The number of thioether (sulfide) groups is 1. The molecule has 17 heavy (non-hydrogen) atoms. The van der Waals surface area contributed by atoms with Gasteiger partial charge in [0.15, 0.2) is 0 Å². The molecule has 0 fully saturated rings. The third-order valence-corrected chi connectivity index (χ3v) is 4.25. The lowest BCUT2D eigenvalue weighted by molar-refractivity contribution is 0.0954. The maximum atomic E-state index is 11.9. The Bertz CT molecular complexity index is 603. The second-order valence-electron chi connectivity index (χ2n) is 4.34. The number of nitrogens with one attached hydrogen (secondary N) is 1. The van der Waals surface area contributed by atoms with Gasteiger partial charge in [-0.25, -0.2) is 0 Å². The minimum absolute atomic E-state index is 0.00810. The lowest BCUT2D eigenvalue weighted by atomic mass is 10.2. The van der Waals surface area contributed by atoms with Gasteiger partial charge in [0, 0.05) is 29.1 Å². The molecule has 1 atom stereocenters. The van der Waals surface area contributed by atoms with Gasteiger partial charge in [-0.3, -0.25) is 4.79 Å². The van der Waals surface area contributed by atoms with Crippen molar-refractivity contribution in [1.82, 2.24) is 9.88 Å². The van der Waals surface area contributed by atoms with E-state index >= 15 is 0 Å². The molecule has 0 spiro atoms. The highest BCUT2D eigenvalue weighted by molar-refractivity contribution is 8.00. The van der Waals surface area contributed by atoms with Crippen molar-refractivity contribution in [3.63, 3.8) is 0 Å². The Morgan fingerprint density at radius 3 is 3.12 bits per heavy atom. The zero-order valence-electron chi connectivity index (χ0n) is 9.86. The molecule has 88 valence electrons. The normalized spacial score (nSPS) is 18.4. The maximum Gasteiger partial charge on any atom is 0.267 e. The van der Waals surface area contributed by atoms with Gasteiger partial charge in [-0.15, -0.1) is 11.8 Å². The molecule has 0 bridgehead atoms. The molecule has 2 heterocycles. The summed E-state index contributed by atoms with van der Waals surface area (Å²) >= 11 is 1.88. The van der Waals surface area contributed by atoms with E-state index in [1.807, 2.05) is 17.8 Å². The van der Waals surface area contributed by atoms with Crippen LogP contribution in [0, 0.1) is 0 Å². The van der Waals surface area contributed by atoms with Crippen LogP contribution in [0.1, 0.15) is 17.4 Å². The fourth-order valence-electron chi connectivity index (χ4n) is 2.40. The number of amides is 1.